The summed E-state index contributed by atoms with van der Waals surface area (Å²) in [5, 5.41) is 5.85. The topological polar surface area (TPSA) is 73.9 Å². The summed E-state index contributed by atoms with van der Waals surface area (Å²) in [6, 6.07) is 21.7. The lowest BCUT2D eigenvalue weighted by molar-refractivity contribution is -0.122. The van der Waals surface area contributed by atoms with Gasteiger partial charge in [-0.1, -0.05) is 56.7 Å². The van der Waals surface area contributed by atoms with Gasteiger partial charge in [0.25, 0.3) is 11.8 Å². The van der Waals surface area contributed by atoms with E-state index < -0.39 is 6.10 Å². The molecule has 0 aliphatic carbocycles. The maximum Gasteiger partial charge on any atom is 0.265 e. The van der Waals surface area contributed by atoms with Gasteiger partial charge in [-0.05, 0) is 85.8 Å². The standard InChI is InChI=1S/C34H42N4O3/c1-24(2)22-38(19-18-37-16-8-5-9-17-37)23-28-20-27(12-14-30(28)26-10-6-4-7-11-26)34(40)35-29-13-15-32-31(21-29)36-33(39)25(3)41-32/h4,6-7,10-15,20-21,24-25H,5,8-9,16-19,22-23H2,1-3H3,(H,35,40)(H,36,39). The molecule has 5 rings (SSSR count). The lowest BCUT2D eigenvalue weighted by atomic mass is 9.96. The van der Waals surface area contributed by atoms with Gasteiger partial charge in [0.15, 0.2) is 6.10 Å². The lowest BCUT2D eigenvalue weighted by Crippen LogP contribution is -2.39. The van der Waals surface area contributed by atoms with E-state index in [0.717, 1.165) is 42.9 Å². The third kappa shape index (κ3) is 7.54. The number of anilines is 2. The molecule has 0 aromatic heterocycles. The van der Waals surface area contributed by atoms with Crippen molar-refractivity contribution >= 4 is 23.2 Å². The summed E-state index contributed by atoms with van der Waals surface area (Å²) in [4.78, 5) is 30.6. The van der Waals surface area contributed by atoms with Crippen molar-refractivity contribution in [3.05, 3.63) is 77.9 Å². The van der Waals surface area contributed by atoms with E-state index in [1.807, 2.05) is 18.2 Å². The normalized spacial score (nSPS) is 17.2. The molecule has 3 aromatic rings. The summed E-state index contributed by atoms with van der Waals surface area (Å²) in [6.45, 7) is 12.5. The zero-order valence-corrected chi connectivity index (χ0v) is 24.5. The first-order valence-corrected chi connectivity index (χ1v) is 14.9. The number of fused-ring (bicyclic) bond motifs is 1. The van der Waals surface area contributed by atoms with Crippen LogP contribution in [0.4, 0.5) is 11.4 Å². The van der Waals surface area contributed by atoms with Gasteiger partial charge in [0.1, 0.15) is 5.75 Å². The first-order chi connectivity index (χ1) is 19.9. The molecule has 0 saturated carbocycles. The van der Waals surface area contributed by atoms with Crippen LogP contribution in [0.15, 0.2) is 66.7 Å². The van der Waals surface area contributed by atoms with E-state index in [1.54, 1.807) is 25.1 Å². The minimum atomic E-state index is -0.542. The highest BCUT2D eigenvalue weighted by atomic mass is 16.5. The zero-order valence-electron chi connectivity index (χ0n) is 24.5. The number of ether oxygens (including phenoxy) is 1. The Morgan fingerprint density at radius 3 is 2.59 bits per heavy atom. The second-order valence-corrected chi connectivity index (χ2v) is 11.7. The molecule has 1 saturated heterocycles. The van der Waals surface area contributed by atoms with Crippen molar-refractivity contribution in [3.63, 3.8) is 0 Å². The molecule has 0 spiro atoms. The second kappa shape index (κ2) is 13.3. The Balaban J connectivity index is 1.37. The minimum Gasteiger partial charge on any atom is -0.479 e. The third-order valence-corrected chi connectivity index (χ3v) is 7.82. The second-order valence-electron chi connectivity index (χ2n) is 11.7. The van der Waals surface area contributed by atoms with Crippen molar-refractivity contribution in [3.8, 4) is 16.9 Å². The van der Waals surface area contributed by atoms with Gasteiger partial charge in [-0.2, -0.15) is 0 Å². The van der Waals surface area contributed by atoms with Gasteiger partial charge >= 0.3 is 0 Å². The van der Waals surface area contributed by atoms with E-state index in [-0.39, 0.29) is 11.8 Å². The Kier molecular flexibility index (Phi) is 9.37. The summed E-state index contributed by atoms with van der Waals surface area (Å²) in [5.41, 5.74) is 5.20. The summed E-state index contributed by atoms with van der Waals surface area (Å²) in [7, 11) is 0. The average Bonchev–Trinajstić information content (AvgIpc) is 2.97. The molecule has 1 unspecified atom stereocenters. The van der Waals surface area contributed by atoms with Gasteiger partial charge in [-0.15, -0.1) is 0 Å². The molecule has 7 nitrogen and oxygen atoms in total. The van der Waals surface area contributed by atoms with Crippen molar-refractivity contribution < 1.29 is 14.3 Å². The smallest absolute Gasteiger partial charge is 0.265 e. The fourth-order valence-corrected chi connectivity index (χ4v) is 5.71. The molecule has 0 bridgehead atoms. The summed E-state index contributed by atoms with van der Waals surface area (Å²) < 4.78 is 5.65. The third-order valence-electron chi connectivity index (χ3n) is 7.82. The van der Waals surface area contributed by atoms with Crippen LogP contribution in [0.5, 0.6) is 5.75 Å². The molecule has 2 aliphatic rings. The predicted octanol–water partition coefficient (Wildman–Crippen LogP) is 6.27. The number of benzene rings is 3. The number of nitrogens with one attached hydrogen (secondary N) is 2. The highest BCUT2D eigenvalue weighted by Gasteiger charge is 2.24. The van der Waals surface area contributed by atoms with Crippen LogP contribution in [0.1, 0.15) is 56.0 Å². The van der Waals surface area contributed by atoms with Crippen LogP contribution in [0.2, 0.25) is 0 Å². The molecule has 0 radical (unpaired) electrons. The van der Waals surface area contributed by atoms with Crippen LogP contribution in [0.25, 0.3) is 11.1 Å². The fraction of sp³-hybridized carbons (Fsp3) is 0.412. The molecule has 1 fully saturated rings. The fourth-order valence-electron chi connectivity index (χ4n) is 5.71. The van der Waals surface area contributed by atoms with E-state index in [4.69, 9.17) is 4.74 Å². The summed E-state index contributed by atoms with van der Waals surface area (Å²) in [5.74, 6) is 0.748. The predicted molar refractivity (Wildman–Crippen MR) is 165 cm³/mol. The van der Waals surface area contributed by atoms with Gasteiger partial charge in [-0.3, -0.25) is 14.5 Å². The Hall–Kier alpha value is -3.68. The zero-order chi connectivity index (χ0) is 28.8. The monoisotopic (exact) mass is 554 g/mol. The van der Waals surface area contributed by atoms with Gasteiger partial charge in [0.05, 0.1) is 5.69 Å². The highest BCUT2D eigenvalue weighted by molar-refractivity contribution is 6.05. The number of hydrogen-bond donors (Lipinski definition) is 2. The maximum atomic E-state index is 13.4. The summed E-state index contributed by atoms with van der Waals surface area (Å²) >= 11 is 0. The van der Waals surface area contributed by atoms with E-state index in [9.17, 15) is 9.59 Å². The number of nitrogens with zero attached hydrogens (tertiary/aromatic N) is 2. The largest absolute Gasteiger partial charge is 0.479 e. The van der Waals surface area contributed by atoms with Crippen molar-refractivity contribution in [1.82, 2.24) is 9.80 Å². The van der Waals surface area contributed by atoms with Gasteiger partial charge < -0.3 is 20.3 Å². The Morgan fingerprint density at radius 1 is 1.05 bits per heavy atom. The van der Waals surface area contributed by atoms with Crippen LogP contribution in [0, 0.1) is 5.92 Å². The van der Waals surface area contributed by atoms with E-state index in [0.29, 0.717) is 28.6 Å². The van der Waals surface area contributed by atoms with Crippen LogP contribution < -0.4 is 15.4 Å². The summed E-state index contributed by atoms with van der Waals surface area (Å²) in [6.07, 6.45) is 3.39. The van der Waals surface area contributed by atoms with Crippen LogP contribution in [0.3, 0.4) is 0 Å². The Bertz CT molecular complexity index is 1350. The van der Waals surface area contributed by atoms with Crippen LogP contribution >= 0.6 is 0 Å². The van der Waals surface area contributed by atoms with Gasteiger partial charge in [-0.25, -0.2) is 0 Å². The van der Waals surface area contributed by atoms with Crippen molar-refractivity contribution in [2.45, 2.75) is 52.7 Å². The molecule has 3 aromatic carbocycles. The van der Waals surface area contributed by atoms with Crippen molar-refractivity contribution in [1.29, 1.82) is 0 Å². The number of amides is 2. The molecule has 2 N–H and O–H groups in total. The highest BCUT2D eigenvalue weighted by Crippen LogP contribution is 2.33. The molecule has 2 heterocycles. The molecule has 7 heteroatoms. The maximum absolute atomic E-state index is 13.4. The molecule has 2 amide bonds. The van der Waals surface area contributed by atoms with Crippen molar-refractivity contribution in [2.24, 2.45) is 5.92 Å². The SMILES string of the molecule is CC(C)CN(CCN1CCCCC1)Cc1cc(C(=O)Nc2ccc3c(c2)NC(=O)C(C)O3)ccc1-c1ccccc1. The van der Waals surface area contributed by atoms with Gasteiger partial charge in [0, 0.05) is 37.4 Å². The lowest BCUT2D eigenvalue weighted by Gasteiger charge is -2.31. The first kappa shape index (κ1) is 28.8. The van der Waals surface area contributed by atoms with E-state index in [1.165, 1.54) is 32.4 Å². The van der Waals surface area contributed by atoms with E-state index >= 15 is 0 Å². The Labute approximate surface area is 243 Å². The molecular weight excluding hydrogens is 512 g/mol. The van der Waals surface area contributed by atoms with Crippen LogP contribution in [-0.4, -0.2) is 60.4 Å². The molecule has 2 aliphatic heterocycles. The molecule has 216 valence electrons. The average molecular weight is 555 g/mol. The number of carbonyl (C=O) groups excluding carboxylic acids is 2. The number of likely N-dealkylation sites (tertiary alicyclic amines) is 1. The molecule has 1 atom stereocenters. The minimum absolute atomic E-state index is 0.189. The van der Waals surface area contributed by atoms with E-state index in [2.05, 4.69) is 64.6 Å². The first-order valence-electron chi connectivity index (χ1n) is 14.9. The molecule has 41 heavy (non-hydrogen) atoms. The van der Waals surface area contributed by atoms with Crippen molar-refractivity contribution in [2.75, 3.05) is 43.4 Å². The number of piperidine rings is 1. The number of hydrogen-bond acceptors (Lipinski definition) is 5. The number of carbonyl (C=O) groups is 2. The quantitative estimate of drug-likeness (QED) is 0.309. The molecular formula is C34H42N4O3. The van der Waals surface area contributed by atoms with Gasteiger partial charge in [0.2, 0.25) is 0 Å². The van der Waals surface area contributed by atoms with Crippen LogP contribution in [-0.2, 0) is 11.3 Å². The Morgan fingerprint density at radius 2 is 1.83 bits per heavy atom. The number of rotatable bonds is 10.